The van der Waals surface area contributed by atoms with E-state index in [0.29, 0.717) is 0 Å². The Bertz CT molecular complexity index is 355. The summed E-state index contributed by atoms with van der Waals surface area (Å²) in [5.41, 5.74) is 0.871. The number of halogens is 1. The van der Waals surface area contributed by atoms with Crippen LogP contribution in [0.15, 0.2) is 24.3 Å². The number of benzene rings is 1. The number of hydrogen-bond acceptors (Lipinski definition) is 2. The summed E-state index contributed by atoms with van der Waals surface area (Å²) in [4.78, 5) is 0. The van der Waals surface area contributed by atoms with Gasteiger partial charge in [0, 0.05) is 24.6 Å². The molecule has 2 nitrogen and oxygen atoms in total. The molecule has 0 saturated carbocycles. The largest absolute Gasteiger partial charge is 0.396 e. The van der Waals surface area contributed by atoms with E-state index in [1.54, 1.807) is 12.1 Å². The van der Waals surface area contributed by atoms with Crippen LogP contribution in [0.2, 0.25) is 0 Å². The van der Waals surface area contributed by atoms with Gasteiger partial charge < -0.3 is 10.4 Å². The molecule has 1 rings (SSSR count). The third kappa shape index (κ3) is 3.79. The normalized spacial score (nSPS) is 13.6. The third-order valence-electron chi connectivity index (χ3n) is 3.97. The van der Waals surface area contributed by atoms with Crippen molar-refractivity contribution in [3.05, 3.63) is 35.6 Å². The van der Waals surface area contributed by atoms with Crippen molar-refractivity contribution >= 4 is 0 Å². The van der Waals surface area contributed by atoms with Gasteiger partial charge in [-0.15, -0.1) is 0 Å². The lowest BCUT2D eigenvalue weighted by atomic mass is 9.83. The van der Waals surface area contributed by atoms with E-state index in [2.05, 4.69) is 19.2 Å². The molecule has 0 heterocycles. The van der Waals surface area contributed by atoms with Gasteiger partial charge in [-0.05, 0) is 37.5 Å². The van der Waals surface area contributed by atoms with Crippen LogP contribution in [0, 0.1) is 11.2 Å². The predicted molar refractivity (Wildman–Crippen MR) is 72.9 cm³/mol. The molecule has 1 aromatic carbocycles. The molecule has 0 saturated heterocycles. The van der Waals surface area contributed by atoms with Crippen molar-refractivity contribution in [1.29, 1.82) is 0 Å². The quantitative estimate of drug-likeness (QED) is 0.781. The van der Waals surface area contributed by atoms with E-state index in [-0.39, 0.29) is 23.9 Å². The lowest BCUT2D eigenvalue weighted by Gasteiger charge is -2.31. The molecule has 0 fully saturated rings. The molecule has 0 aromatic heterocycles. The van der Waals surface area contributed by atoms with Crippen LogP contribution in [-0.2, 0) is 0 Å². The van der Waals surface area contributed by atoms with Crippen LogP contribution in [0.4, 0.5) is 4.39 Å². The maximum absolute atomic E-state index is 13.1. The molecular formula is C15H24FNO. The molecule has 0 bridgehead atoms. The Balaban J connectivity index is 2.62. The molecule has 1 unspecified atom stereocenters. The lowest BCUT2D eigenvalue weighted by Crippen LogP contribution is -2.37. The molecule has 0 radical (unpaired) electrons. The molecule has 0 spiro atoms. The molecule has 2 N–H and O–H groups in total. The van der Waals surface area contributed by atoms with E-state index in [9.17, 15) is 9.50 Å². The van der Waals surface area contributed by atoms with Crippen LogP contribution in [0.5, 0.6) is 0 Å². The van der Waals surface area contributed by atoms with Gasteiger partial charge >= 0.3 is 0 Å². The van der Waals surface area contributed by atoms with Gasteiger partial charge in [0.15, 0.2) is 0 Å². The maximum Gasteiger partial charge on any atom is 0.123 e. The minimum absolute atomic E-state index is 0.0679. The number of aliphatic hydroxyl groups is 1. The van der Waals surface area contributed by atoms with Crippen molar-refractivity contribution in [3.8, 4) is 0 Å². The first-order valence-electron chi connectivity index (χ1n) is 6.66. The molecule has 3 heteroatoms. The minimum Gasteiger partial charge on any atom is -0.396 e. The average molecular weight is 253 g/mol. The van der Waals surface area contributed by atoms with Gasteiger partial charge in [-0.2, -0.15) is 0 Å². The van der Waals surface area contributed by atoms with E-state index >= 15 is 0 Å². The Morgan fingerprint density at radius 1 is 1.33 bits per heavy atom. The highest BCUT2D eigenvalue weighted by Crippen LogP contribution is 2.25. The topological polar surface area (TPSA) is 32.3 Å². The first kappa shape index (κ1) is 15.1. The molecule has 1 atom stereocenters. The number of aliphatic hydroxyl groups excluding tert-OH is 1. The van der Waals surface area contributed by atoms with Gasteiger partial charge in [0.2, 0.25) is 0 Å². The van der Waals surface area contributed by atoms with Crippen molar-refractivity contribution in [1.82, 2.24) is 5.32 Å². The fourth-order valence-corrected chi connectivity index (χ4v) is 2.04. The summed E-state index contributed by atoms with van der Waals surface area (Å²) in [5, 5.41) is 12.9. The van der Waals surface area contributed by atoms with Crippen LogP contribution in [-0.4, -0.2) is 18.3 Å². The summed E-state index contributed by atoms with van der Waals surface area (Å²) >= 11 is 0. The van der Waals surface area contributed by atoms with Crippen LogP contribution in [0.1, 0.15) is 45.2 Å². The zero-order valence-corrected chi connectivity index (χ0v) is 11.5. The predicted octanol–water partition coefficient (Wildman–Crippen LogP) is 3.28. The summed E-state index contributed by atoms with van der Waals surface area (Å²) in [5.74, 6) is -0.208. The zero-order chi connectivity index (χ0) is 13.6. The van der Waals surface area contributed by atoms with E-state index in [0.717, 1.165) is 24.9 Å². The Morgan fingerprint density at radius 2 is 2.00 bits per heavy atom. The fraction of sp³-hybridized carbons (Fsp3) is 0.600. The second kappa shape index (κ2) is 6.86. The van der Waals surface area contributed by atoms with Gasteiger partial charge in [-0.25, -0.2) is 4.39 Å². The zero-order valence-electron chi connectivity index (χ0n) is 11.5. The third-order valence-corrected chi connectivity index (χ3v) is 3.97. The molecule has 0 aliphatic carbocycles. The molecule has 102 valence electrons. The van der Waals surface area contributed by atoms with Crippen molar-refractivity contribution in [2.75, 3.05) is 13.2 Å². The maximum atomic E-state index is 13.1. The first-order valence-corrected chi connectivity index (χ1v) is 6.66. The second-order valence-corrected chi connectivity index (χ2v) is 5.02. The van der Waals surface area contributed by atoms with E-state index in [1.165, 1.54) is 6.07 Å². The molecule has 18 heavy (non-hydrogen) atoms. The number of rotatable bonds is 7. The molecule has 1 aromatic rings. The van der Waals surface area contributed by atoms with Crippen LogP contribution in [0.25, 0.3) is 0 Å². The number of nitrogens with one attached hydrogen (secondary N) is 1. The van der Waals surface area contributed by atoms with E-state index in [1.807, 2.05) is 13.0 Å². The van der Waals surface area contributed by atoms with Crippen molar-refractivity contribution in [2.45, 2.75) is 39.7 Å². The highest BCUT2D eigenvalue weighted by atomic mass is 19.1. The number of hydrogen-bond donors (Lipinski definition) is 2. The second-order valence-electron chi connectivity index (χ2n) is 5.02. The monoisotopic (exact) mass is 253 g/mol. The Labute approximate surface area is 109 Å². The smallest absolute Gasteiger partial charge is 0.123 e. The summed E-state index contributed by atoms with van der Waals surface area (Å²) in [6, 6.07) is 6.73. The van der Waals surface area contributed by atoms with Crippen LogP contribution >= 0.6 is 0 Å². The minimum atomic E-state index is -0.208. The van der Waals surface area contributed by atoms with Crippen LogP contribution in [0.3, 0.4) is 0 Å². The first-order chi connectivity index (χ1) is 8.56. The van der Waals surface area contributed by atoms with E-state index < -0.39 is 0 Å². The van der Waals surface area contributed by atoms with Crippen molar-refractivity contribution < 1.29 is 9.50 Å². The molecule has 0 aliphatic heterocycles. The van der Waals surface area contributed by atoms with Crippen LogP contribution < -0.4 is 5.32 Å². The highest BCUT2D eigenvalue weighted by Gasteiger charge is 2.25. The molecule has 0 aliphatic rings. The Hall–Kier alpha value is -0.930. The van der Waals surface area contributed by atoms with E-state index in [4.69, 9.17) is 0 Å². The van der Waals surface area contributed by atoms with Crippen molar-refractivity contribution in [3.63, 3.8) is 0 Å². The highest BCUT2D eigenvalue weighted by molar-refractivity contribution is 5.19. The van der Waals surface area contributed by atoms with Gasteiger partial charge in [-0.1, -0.05) is 26.0 Å². The average Bonchev–Trinajstić information content (AvgIpc) is 2.40. The Kier molecular flexibility index (Phi) is 5.76. The van der Waals surface area contributed by atoms with Crippen molar-refractivity contribution in [2.24, 2.45) is 5.41 Å². The summed E-state index contributed by atoms with van der Waals surface area (Å²) in [6.45, 7) is 7.13. The SMILES string of the molecule is CCC(CC)(CO)CNC(C)c1cccc(F)c1. The van der Waals surface area contributed by atoms with Gasteiger partial charge in [0.05, 0.1) is 0 Å². The molecular weight excluding hydrogens is 229 g/mol. The fourth-order valence-electron chi connectivity index (χ4n) is 2.04. The van der Waals surface area contributed by atoms with Gasteiger partial charge in [0.25, 0.3) is 0 Å². The summed E-state index contributed by atoms with van der Waals surface area (Å²) < 4.78 is 13.1. The van der Waals surface area contributed by atoms with Gasteiger partial charge in [-0.3, -0.25) is 0 Å². The Morgan fingerprint density at radius 3 is 2.50 bits per heavy atom. The summed E-state index contributed by atoms with van der Waals surface area (Å²) in [7, 11) is 0. The standard InChI is InChI=1S/C15H24FNO/c1-4-15(5-2,11-18)10-17-12(3)13-7-6-8-14(16)9-13/h6-9,12,17-18H,4-5,10-11H2,1-3H3. The van der Waals surface area contributed by atoms with Gasteiger partial charge in [0.1, 0.15) is 5.82 Å². The molecule has 0 amide bonds. The lowest BCUT2D eigenvalue weighted by molar-refractivity contribution is 0.110. The summed E-state index contributed by atoms with van der Waals surface area (Å²) in [6.07, 6.45) is 1.87.